The highest BCUT2D eigenvalue weighted by atomic mass is 16.4. The lowest BCUT2D eigenvalue weighted by atomic mass is 9.86. The number of carbonyl (C=O) groups is 2. The summed E-state index contributed by atoms with van der Waals surface area (Å²) in [6, 6.07) is 6.10. The number of aromatic amines is 2. The Kier molecular flexibility index (Phi) is 7.60. The number of nitrogens with one attached hydrogen (secondary N) is 2. The molecule has 2 aliphatic heterocycles. The maximum absolute atomic E-state index is 12.7. The van der Waals surface area contributed by atoms with Crippen LogP contribution in [0.5, 0.6) is 0 Å². The van der Waals surface area contributed by atoms with Crippen LogP contribution < -0.4 is 0 Å². The van der Waals surface area contributed by atoms with Gasteiger partial charge in [-0.3, -0.25) is 9.78 Å². The summed E-state index contributed by atoms with van der Waals surface area (Å²) in [5.41, 5.74) is 11.6. The van der Waals surface area contributed by atoms with Crippen LogP contribution in [0.3, 0.4) is 0 Å². The molecule has 3 aromatic rings. The van der Waals surface area contributed by atoms with Crippen molar-refractivity contribution in [1.29, 1.82) is 0 Å². The Hall–Kier alpha value is -4.20. The van der Waals surface area contributed by atoms with Gasteiger partial charge in [-0.2, -0.15) is 0 Å². The fraction of sp³-hybridized carbons (Fsp3) is 0.412. The average molecular weight is 569 g/mol. The number of hydrogen-bond acceptors (Lipinski definition) is 4. The number of carboxylic acids is 2. The molecule has 4 N–H and O–H groups in total. The van der Waals surface area contributed by atoms with Crippen molar-refractivity contribution in [3.8, 4) is 0 Å². The van der Waals surface area contributed by atoms with Gasteiger partial charge in [0.1, 0.15) is 0 Å². The second-order valence-corrected chi connectivity index (χ2v) is 11.9. The van der Waals surface area contributed by atoms with Crippen LogP contribution in [0.25, 0.3) is 33.2 Å². The predicted molar refractivity (Wildman–Crippen MR) is 167 cm³/mol. The van der Waals surface area contributed by atoms with Gasteiger partial charge < -0.3 is 20.2 Å². The highest BCUT2D eigenvalue weighted by molar-refractivity contribution is 6.02. The third kappa shape index (κ3) is 4.72. The van der Waals surface area contributed by atoms with E-state index in [1.807, 2.05) is 6.07 Å². The summed E-state index contributed by atoms with van der Waals surface area (Å²) >= 11 is 0. The van der Waals surface area contributed by atoms with E-state index in [1.165, 1.54) is 5.56 Å². The van der Waals surface area contributed by atoms with Crippen LogP contribution in [-0.2, 0) is 11.2 Å². The Morgan fingerprint density at radius 2 is 1.60 bits per heavy atom. The normalized spacial score (nSPS) is 16.9. The quantitative estimate of drug-likeness (QED) is 0.238. The lowest BCUT2D eigenvalue weighted by Gasteiger charge is -2.15. The molecule has 5 rings (SSSR count). The third-order valence-electron chi connectivity index (χ3n) is 9.09. The van der Waals surface area contributed by atoms with Gasteiger partial charge in [0, 0.05) is 39.6 Å². The van der Waals surface area contributed by atoms with Crippen molar-refractivity contribution in [2.24, 2.45) is 0 Å². The summed E-state index contributed by atoms with van der Waals surface area (Å²) in [5.74, 6) is -1.91. The Morgan fingerprint density at radius 3 is 2.19 bits per heavy atom. The van der Waals surface area contributed by atoms with E-state index >= 15 is 0 Å². The first-order valence-electron chi connectivity index (χ1n) is 14.8. The van der Waals surface area contributed by atoms with Gasteiger partial charge in [0.2, 0.25) is 0 Å². The number of hydrogen-bond donors (Lipinski definition) is 4. The summed E-state index contributed by atoms with van der Waals surface area (Å²) in [7, 11) is 0. The molecule has 0 unspecified atom stereocenters. The van der Waals surface area contributed by atoms with Gasteiger partial charge in [0.05, 0.1) is 34.6 Å². The van der Waals surface area contributed by atoms with Crippen molar-refractivity contribution in [3.63, 3.8) is 0 Å². The van der Waals surface area contributed by atoms with Crippen LogP contribution in [0.1, 0.15) is 128 Å². The molecule has 220 valence electrons. The number of nitrogens with zero attached hydrogens (tertiary/aromatic N) is 2. The molecule has 2 atom stereocenters. The molecule has 5 heterocycles. The predicted octanol–water partition coefficient (Wildman–Crippen LogP) is 8.02. The molecule has 2 aliphatic rings. The summed E-state index contributed by atoms with van der Waals surface area (Å²) in [6.07, 6.45) is 1.16. The van der Waals surface area contributed by atoms with Gasteiger partial charge in [-0.15, -0.1) is 0 Å². The number of allylic oxidation sites excluding steroid dienone is 2. The fourth-order valence-corrected chi connectivity index (χ4v) is 6.89. The topological polar surface area (TPSA) is 132 Å². The van der Waals surface area contributed by atoms with Crippen molar-refractivity contribution >= 4 is 45.2 Å². The minimum absolute atomic E-state index is 0.0192. The summed E-state index contributed by atoms with van der Waals surface area (Å²) in [4.78, 5) is 41.9. The molecule has 0 amide bonds. The van der Waals surface area contributed by atoms with Crippen LogP contribution in [0, 0.1) is 13.8 Å². The number of rotatable bonds is 6. The Labute approximate surface area is 246 Å². The van der Waals surface area contributed by atoms with E-state index in [4.69, 9.17) is 9.97 Å². The van der Waals surface area contributed by atoms with E-state index < -0.39 is 11.9 Å². The zero-order valence-corrected chi connectivity index (χ0v) is 25.7. The van der Waals surface area contributed by atoms with Crippen molar-refractivity contribution in [3.05, 3.63) is 68.8 Å². The number of H-pyrrole nitrogens is 2. The molecular weight excluding hydrogens is 528 g/mol. The highest BCUT2D eigenvalue weighted by Gasteiger charge is 2.32. The molecule has 0 aliphatic carbocycles. The zero-order chi connectivity index (χ0) is 30.6. The number of fused-ring (bicyclic) bond motifs is 8. The van der Waals surface area contributed by atoms with Crippen LogP contribution in [0.15, 0.2) is 18.2 Å². The van der Waals surface area contributed by atoms with Gasteiger partial charge >= 0.3 is 11.9 Å². The standard InChI is InChI=1S/C34H40N4O4/c1-9-20-16(5)23-14-28-30(15(3)4)18(7)25(36-28)12-24-17(6)21(10-2)32(37-24)22(11-29(39)40)33-31(34(41)42)19(8)26(38-33)13-27(20)35-23/h12-15,17,21,36,38H,9-11H2,1-8H3,(H,39,40)(H,41,42)/t17-,21-/m0/s1. The van der Waals surface area contributed by atoms with Gasteiger partial charge in [0.25, 0.3) is 0 Å². The first-order valence-corrected chi connectivity index (χ1v) is 14.8. The summed E-state index contributed by atoms with van der Waals surface area (Å²) < 4.78 is 0. The number of aromatic carboxylic acids is 1. The number of carboxylic acid groups (broad SMARTS) is 2. The molecule has 8 nitrogen and oxygen atoms in total. The maximum Gasteiger partial charge on any atom is 0.338 e. The Balaban J connectivity index is 2.08. The van der Waals surface area contributed by atoms with Crippen molar-refractivity contribution in [2.45, 2.75) is 92.4 Å². The maximum atomic E-state index is 12.7. The average Bonchev–Trinajstić information content (AvgIpc) is 3.60. The monoisotopic (exact) mass is 568 g/mol. The van der Waals surface area contributed by atoms with Gasteiger partial charge in [-0.25, -0.2) is 9.78 Å². The number of aryl methyl sites for hydroxylation is 2. The molecular formula is C34H40N4O4. The molecule has 0 fully saturated rings. The molecule has 0 aromatic carbocycles. The van der Waals surface area contributed by atoms with Crippen LogP contribution in [0.2, 0.25) is 0 Å². The van der Waals surface area contributed by atoms with E-state index in [0.29, 0.717) is 27.9 Å². The molecule has 8 heteroatoms. The number of aliphatic carboxylic acids is 1. The van der Waals surface area contributed by atoms with E-state index in [1.54, 1.807) is 6.92 Å². The van der Waals surface area contributed by atoms with E-state index in [9.17, 15) is 19.8 Å². The molecule has 0 saturated heterocycles. The second-order valence-electron chi connectivity index (χ2n) is 11.9. The first kappa shape index (κ1) is 29.3. The van der Waals surface area contributed by atoms with E-state index in [0.717, 1.165) is 57.7 Å². The highest BCUT2D eigenvalue weighted by Crippen LogP contribution is 2.42. The minimum Gasteiger partial charge on any atom is -0.481 e. The van der Waals surface area contributed by atoms with Crippen LogP contribution in [0.4, 0.5) is 0 Å². The van der Waals surface area contributed by atoms with E-state index in [2.05, 4.69) is 70.6 Å². The zero-order valence-electron chi connectivity index (χ0n) is 25.7. The van der Waals surface area contributed by atoms with E-state index in [-0.39, 0.29) is 29.7 Å². The van der Waals surface area contributed by atoms with Crippen molar-refractivity contribution in [2.75, 3.05) is 0 Å². The molecule has 3 aromatic heterocycles. The van der Waals surface area contributed by atoms with Crippen molar-refractivity contribution in [1.82, 2.24) is 19.9 Å². The fourth-order valence-electron chi connectivity index (χ4n) is 6.89. The van der Waals surface area contributed by atoms with Gasteiger partial charge in [0.15, 0.2) is 0 Å². The van der Waals surface area contributed by atoms with Crippen LogP contribution >= 0.6 is 0 Å². The summed E-state index contributed by atoms with van der Waals surface area (Å²) in [6.45, 7) is 16.6. The van der Waals surface area contributed by atoms with Crippen LogP contribution in [-0.4, -0.2) is 42.1 Å². The number of aromatic nitrogens is 4. The summed E-state index contributed by atoms with van der Waals surface area (Å²) in [5, 5.41) is 20.3. The molecule has 8 bridgehead atoms. The Bertz CT molecular complexity index is 1820. The molecule has 0 spiro atoms. The molecule has 42 heavy (non-hydrogen) atoms. The largest absolute Gasteiger partial charge is 0.481 e. The lowest BCUT2D eigenvalue weighted by Crippen LogP contribution is -2.09. The Morgan fingerprint density at radius 1 is 0.929 bits per heavy atom. The molecule has 0 radical (unpaired) electrons. The SMILES string of the molecule is CCC1=C(C)c2cc3[nH]c(cc4nc(c(CC(=O)O)c5[nH]c(cc1n2)c(C)c5C(=O)O)[C@@H](CC)[C@@H]4C)c(C)c3C(C)C. The third-order valence-corrected chi connectivity index (χ3v) is 9.09. The lowest BCUT2D eigenvalue weighted by molar-refractivity contribution is -0.136. The second kappa shape index (κ2) is 10.9. The van der Waals surface area contributed by atoms with Gasteiger partial charge in [-0.05, 0) is 85.6 Å². The van der Waals surface area contributed by atoms with Gasteiger partial charge in [-0.1, -0.05) is 34.6 Å². The minimum atomic E-state index is -1.11. The smallest absolute Gasteiger partial charge is 0.338 e. The molecule has 0 saturated carbocycles. The van der Waals surface area contributed by atoms with Crippen molar-refractivity contribution < 1.29 is 19.8 Å². The first-order chi connectivity index (χ1) is 19.9.